The fourth-order valence-electron chi connectivity index (χ4n) is 4.06. The maximum atomic E-state index is 12.4. The molecule has 2 aromatic heterocycles. The Balaban J connectivity index is 1.54. The molecule has 5 rings (SSSR count). The number of nitrogens with zero attached hydrogens (tertiary/aromatic N) is 3. The summed E-state index contributed by atoms with van der Waals surface area (Å²) in [7, 11) is 3.17. The van der Waals surface area contributed by atoms with Crippen LogP contribution in [0.4, 0.5) is 0 Å². The predicted molar refractivity (Wildman–Crippen MR) is 137 cm³/mol. The van der Waals surface area contributed by atoms with Gasteiger partial charge in [-0.25, -0.2) is 4.79 Å². The number of methoxy groups -OCH3 is 1. The summed E-state index contributed by atoms with van der Waals surface area (Å²) in [6, 6.07) is 28.9. The van der Waals surface area contributed by atoms with E-state index in [4.69, 9.17) is 19.3 Å². The van der Waals surface area contributed by atoms with Gasteiger partial charge in [-0.1, -0.05) is 72.8 Å². The van der Waals surface area contributed by atoms with Crippen molar-refractivity contribution in [1.29, 1.82) is 0 Å². The van der Waals surface area contributed by atoms with Gasteiger partial charge in [-0.15, -0.1) is 0 Å². The molecule has 0 spiro atoms. The molecule has 0 unspecified atom stereocenters. The van der Waals surface area contributed by atoms with Crippen LogP contribution in [0.2, 0.25) is 0 Å². The highest BCUT2D eigenvalue weighted by Crippen LogP contribution is 2.36. The van der Waals surface area contributed by atoms with Gasteiger partial charge in [0.2, 0.25) is 11.8 Å². The van der Waals surface area contributed by atoms with Gasteiger partial charge in [0.1, 0.15) is 18.9 Å². The summed E-state index contributed by atoms with van der Waals surface area (Å²) in [5.74, 6) is 0.424. The lowest BCUT2D eigenvalue weighted by atomic mass is 10.1. The molecule has 7 nitrogen and oxygen atoms in total. The topological polar surface area (TPSA) is 75.5 Å². The third kappa shape index (κ3) is 4.77. The highest BCUT2D eigenvalue weighted by molar-refractivity contribution is 6.07. The third-order valence-corrected chi connectivity index (χ3v) is 5.81. The van der Waals surface area contributed by atoms with Crippen molar-refractivity contribution in [2.45, 2.75) is 13.2 Å². The number of esters is 1. The van der Waals surface area contributed by atoms with E-state index in [0.717, 1.165) is 16.5 Å². The number of benzene rings is 3. The molecule has 36 heavy (non-hydrogen) atoms. The summed E-state index contributed by atoms with van der Waals surface area (Å²) in [6.45, 7) is 0.724. The number of aryl methyl sites for hydroxylation is 1. The Morgan fingerprint density at radius 3 is 2.14 bits per heavy atom. The molecule has 2 heterocycles. The Morgan fingerprint density at radius 2 is 1.47 bits per heavy atom. The number of hydrogen-bond acceptors (Lipinski definition) is 6. The van der Waals surface area contributed by atoms with E-state index < -0.39 is 5.97 Å². The molecular formula is C29H25N3O4. The normalized spacial score (nSPS) is 10.8. The largest absolute Gasteiger partial charge is 0.473 e. The number of fused-ring (bicyclic) bond motifs is 1. The van der Waals surface area contributed by atoms with E-state index in [9.17, 15) is 4.79 Å². The van der Waals surface area contributed by atoms with Crippen LogP contribution in [-0.4, -0.2) is 27.8 Å². The number of carbonyl (C=O) groups is 1. The smallest absolute Gasteiger partial charge is 0.340 e. The van der Waals surface area contributed by atoms with Crippen LogP contribution in [-0.2, 0) is 25.0 Å². The number of aromatic nitrogens is 3. The standard InChI is InChI=1S/C29H25N3O4/c1-32-27-22(14-9-15-24(27)29(33)34-2)26(31-32)23-16-17-25(35-18-20-10-5-3-6-11-20)30-28(23)36-19-21-12-7-4-8-13-21/h3-17H,18-19H2,1-2H3. The minimum Gasteiger partial charge on any atom is -0.473 e. The van der Waals surface area contributed by atoms with Crippen molar-refractivity contribution < 1.29 is 19.0 Å². The molecule has 7 heteroatoms. The fraction of sp³-hybridized carbons (Fsp3) is 0.138. The predicted octanol–water partition coefficient (Wildman–Crippen LogP) is 5.58. The quantitative estimate of drug-likeness (QED) is 0.271. The average Bonchev–Trinajstić information content (AvgIpc) is 3.27. The van der Waals surface area contributed by atoms with E-state index in [1.54, 1.807) is 23.9 Å². The first-order valence-electron chi connectivity index (χ1n) is 11.5. The number of para-hydroxylation sites is 1. The highest BCUT2D eigenvalue weighted by atomic mass is 16.5. The first-order valence-corrected chi connectivity index (χ1v) is 11.5. The second-order valence-electron chi connectivity index (χ2n) is 8.22. The van der Waals surface area contributed by atoms with Gasteiger partial charge in [0.05, 0.1) is 23.8 Å². The molecule has 0 radical (unpaired) electrons. The monoisotopic (exact) mass is 479 g/mol. The first-order chi connectivity index (χ1) is 17.6. The summed E-state index contributed by atoms with van der Waals surface area (Å²) in [6.07, 6.45) is 0. The van der Waals surface area contributed by atoms with E-state index in [2.05, 4.69) is 4.98 Å². The minimum atomic E-state index is -0.418. The van der Waals surface area contributed by atoms with Crippen LogP contribution in [0.1, 0.15) is 21.5 Å². The van der Waals surface area contributed by atoms with E-state index in [1.165, 1.54) is 7.11 Å². The average molecular weight is 480 g/mol. The third-order valence-electron chi connectivity index (χ3n) is 5.81. The number of hydrogen-bond donors (Lipinski definition) is 0. The van der Waals surface area contributed by atoms with Crippen molar-refractivity contribution in [1.82, 2.24) is 14.8 Å². The van der Waals surface area contributed by atoms with Crippen LogP contribution >= 0.6 is 0 Å². The SMILES string of the molecule is COC(=O)c1cccc2c(-c3ccc(OCc4ccccc4)nc3OCc3ccccc3)nn(C)c12. The maximum absolute atomic E-state index is 12.4. The van der Waals surface area contributed by atoms with Crippen LogP contribution in [0.15, 0.2) is 91.0 Å². The van der Waals surface area contributed by atoms with E-state index in [-0.39, 0.29) is 0 Å². The first kappa shape index (κ1) is 23.1. The Morgan fingerprint density at radius 1 is 0.806 bits per heavy atom. The van der Waals surface area contributed by atoms with Crippen LogP contribution in [0.3, 0.4) is 0 Å². The number of rotatable bonds is 8. The van der Waals surface area contributed by atoms with Crippen molar-refractivity contribution in [2.75, 3.05) is 7.11 Å². The maximum Gasteiger partial charge on any atom is 0.340 e. The van der Waals surface area contributed by atoms with Crippen molar-refractivity contribution >= 4 is 16.9 Å². The van der Waals surface area contributed by atoms with Crippen molar-refractivity contribution in [3.63, 3.8) is 0 Å². The lowest BCUT2D eigenvalue weighted by Crippen LogP contribution is -2.04. The van der Waals surface area contributed by atoms with Gasteiger partial charge in [0.25, 0.3) is 0 Å². The Kier molecular flexibility index (Phi) is 6.62. The van der Waals surface area contributed by atoms with Gasteiger partial charge in [-0.05, 0) is 23.3 Å². The van der Waals surface area contributed by atoms with E-state index >= 15 is 0 Å². The molecule has 0 aliphatic carbocycles. The van der Waals surface area contributed by atoms with Gasteiger partial charge in [-0.3, -0.25) is 4.68 Å². The van der Waals surface area contributed by atoms with Crippen LogP contribution in [0.5, 0.6) is 11.8 Å². The molecule has 0 N–H and O–H groups in total. The zero-order valence-electron chi connectivity index (χ0n) is 20.0. The summed E-state index contributed by atoms with van der Waals surface area (Å²) < 4.78 is 18.8. The second kappa shape index (κ2) is 10.3. The van der Waals surface area contributed by atoms with Crippen LogP contribution in [0, 0.1) is 0 Å². The molecule has 180 valence electrons. The molecule has 3 aromatic carbocycles. The van der Waals surface area contributed by atoms with Crippen LogP contribution in [0.25, 0.3) is 22.2 Å². The molecule has 0 saturated heterocycles. The minimum absolute atomic E-state index is 0.334. The summed E-state index contributed by atoms with van der Waals surface area (Å²) in [4.78, 5) is 17.1. The number of ether oxygens (including phenoxy) is 3. The molecule has 0 atom stereocenters. The zero-order chi connectivity index (χ0) is 24.9. The molecule has 0 aliphatic rings. The molecule has 0 aliphatic heterocycles. The molecule has 0 fully saturated rings. The lowest BCUT2D eigenvalue weighted by molar-refractivity contribution is 0.0602. The van der Waals surface area contributed by atoms with E-state index in [0.29, 0.717) is 47.3 Å². The van der Waals surface area contributed by atoms with Crippen LogP contribution < -0.4 is 9.47 Å². The molecule has 0 saturated carbocycles. The Bertz CT molecular complexity index is 1500. The summed E-state index contributed by atoms with van der Waals surface area (Å²) in [5.41, 5.74) is 4.53. The van der Waals surface area contributed by atoms with Crippen molar-refractivity contribution in [3.05, 3.63) is 108 Å². The van der Waals surface area contributed by atoms with Gasteiger partial charge < -0.3 is 14.2 Å². The zero-order valence-corrected chi connectivity index (χ0v) is 20.0. The van der Waals surface area contributed by atoms with Gasteiger partial charge in [0, 0.05) is 18.5 Å². The van der Waals surface area contributed by atoms with Gasteiger partial charge in [-0.2, -0.15) is 10.1 Å². The van der Waals surface area contributed by atoms with Gasteiger partial charge in [0.15, 0.2) is 0 Å². The van der Waals surface area contributed by atoms with E-state index in [1.807, 2.05) is 78.9 Å². The van der Waals surface area contributed by atoms with Gasteiger partial charge >= 0.3 is 5.97 Å². The number of carbonyl (C=O) groups excluding carboxylic acids is 1. The lowest BCUT2D eigenvalue weighted by Gasteiger charge is -2.12. The molecule has 0 amide bonds. The summed E-state index contributed by atoms with van der Waals surface area (Å²) in [5, 5.41) is 5.52. The van der Waals surface area contributed by atoms with Crippen molar-refractivity contribution in [2.24, 2.45) is 7.05 Å². The Labute approximate surface area is 208 Å². The molecular weight excluding hydrogens is 454 g/mol. The summed E-state index contributed by atoms with van der Waals surface area (Å²) >= 11 is 0. The fourth-order valence-corrected chi connectivity index (χ4v) is 4.06. The number of pyridine rings is 1. The molecule has 0 bridgehead atoms. The van der Waals surface area contributed by atoms with Crippen molar-refractivity contribution in [3.8, 4) is 23.0 Å². The molecule has 5 aromatic rings. The highest BCUT2D eigenvalue weighted by Gasteiger charge is 2.21. The Hall–Kier alpha value is -4.65. The second-order valence-corrected chi connectivity index (χ2v) is 8.22.